The van der Waals surface area contributed by atoms with Gasteiger partial charge in [0.05, 0.1) is 11.3 Å². The maximum Gasteiger partial charge on any atom is 0.309 e. The van der Waals surface area contributed by atoms with Crippen LogP contribution >= 0.6 is 0 Å². The second-order valence-corrected chi connectivity index (χ2v) is 11.0. The van der Waals surface area contributed by atoms with Crippen LogP contribution in [0.4, 0.5) is 0 Å². The third-order valence-electron chi connectivity index (χ3n) is 9.62. The number of ketones is 1. The molecule has 4 fully saturated rings. The van der Waals surface area contributed by atoms with E-state index in [1.165, 1.54) is 6.92 Å². The van der Waals surface area contributed by atoms with E-state index in [-0.39, 0.29) is 46.4 Å². The zero-order valence-corrected chi connectivity index (χ0v) is 17.7. The van der Waals surface area contributed by atoms with Crippen LogP contribution in [-0.4, -0.2) is 29.4 Å². The van der Waals surface area contributed by atoms with E-state index in [2.05, 4.69) is 13.8 Å². The molecular weight excluding hydrogens is 356 g/mol. The molecule has 4 saturated carbocycles. The van der Waals surface area contributed by atoms with Crippen LogP contribution in [0.5, 0.6) is 0 Å². The summed E-state index contributed by atoms with van der Waals surface area (Å²) in [6.07, 6.45) is 7.20. The van der Waals surface area contributed by atoms with Gasteiger partial charge in [-0.2, -0.15) is 0 Å². The van der Waals surface area contributed by atoms with Gasteiger partial charge in [-0.05, 0) is 74.5 Å². The van der Waals surface area contributed by atoms with E-state index in [0.717, 1.165) is 51.4 Å². The highest BCUT2D eigenvalue weighted by Crippen LogP contribution is 2.74. The number of rotatable bonds is 3. The maximum atomic E-state index is 13.4. The number of carboxylic acid groups (broad SMARTS) is 1. The standard InChI is InChI=1S/C23H34O5/c1-14(24)28-12-15-18(25)20(2)10-6-17-21(3)8-5-9-22(4,19(26)27)16(21)7-11-23(15,17)13-20/h15-17H,5-13H2,1-4H3,(H,26,27)/t15-,16+,17+,20+,21-,22-,23-/m1/s1. The molecular formula is C23H34O5. The first kappa shape index (κ1) is 19.9. The Labute approximate surface area is 167 Å². The number of Topliss-reactive ketones (excluding diaryl/α,β-unsaturated/α-hetero) is 1. The van der Waals surface area contributed by atoms with Crippen LogP contribution in [0.15, 0.2) is 0 Å². The quantitative estimate of drug-likeness (QED) is 0.729. The largest absolute Gasteiger partial charge is 0.481 e. The molecule has 4 aliphatic rings. The van der Waals surface area contributed by atoms with Gasteiger partial charge >= 0.3 is 11.9 Å². The predicted molar refractivity (Wildman–Crippen MR) is 103 cm³/mol. The average Bonchev–Trinajstić information content (AvgIpc) is 2.75. The summed E-state index contributed by atoms with van der Waals surface area (Å²) in [6.45, 7) is 7.94. The van der Waals surface area contributed by atoms with Crippen LogP contribution in [0.25, 0.3) is 0 Å². The molecule has 5 heteroatoms. The number of aliphatic carboxylic acids is 1. The smallest absolute Gasteiger partial charge is 0.309 e. The highest BCUT2D eigenvalue weighted by atomic mass is 16.5. The molecule has 0 aromatic heterocycles. The van der Waals surface area contributed by atoms with Crippen molar-refractivity contribution in [3.05, 3.63) is 0 Å². The number of carbonyl (C=O) groups excluding carboxylic acids is 2. The van der Waals surface area contributed by atoms with E-state index in [9.17, 15) is 19.5 Å². The molecule has 2 bridgehead atoms. The fourth-order valence-corrected chi connectivity index (χ4v) is 8.46. The van der Waals surface area contributed by atoms with E-state index in [1.54, 1.807) is 0 Å². The van der Waals surface area contributed by atoms with Crippen LogP contribution in [-0.2, 0) is 19.1 Å². The molecule has 0 radical (unpaired) electrons. The Hall–Kier alpha value is -1.39. The topological polar surface area (TPSA) is 80.7 Å². The van der Waals surface area contributed by atoms with E-state index in [1.807, 2.05) is 6.92 Å². The Morgan fingerprint density at radius 3 is 2.39 bits per heavy atom. The Balaban J connectivity index is 1.75. The lowest BCUT2D eigenvalue weighted by Crippen LogP contribution is -2.60. The van der Waals surface area contributed by atoms with Crippen LogP contribution in [0.3, 0.4) is 0 Å². The zero-order valence-electron chi connectivity index (χ0n) is 17.7. The molecule has 1 spiro atoms. The highest BCUT2D eigenvalue weighted by molar-refractivity contribution is 5.91. The molecule has 4 rings (SSSR count). The molecule has 28 heavy (non-hydrogen) atoms. The second kappa shape index (κ2) is 6.06. The van der Waals surface area contributed by atoms with Crippen molar-refractivity contribution in [3.63, 3.8) is 0 Å². The lowest BCUT2D eigenvalue weighted by Gasteiger charge is -2.64. The molecule has 7 atom stereocenters. The number of esters is 1. The number of carboxylic acids is 1. The van der Waals surface area contributed by atoms with Gasteiger partial charge in [-0.3, -0.25) is 14.4 Å². The molecule has 0 aromatic rings. The maximum absolute atomic E-state index is 13.4. The predicted octanol–water partition coefficient (Wildman–Crippen LogP) is 4.23. The molecule has 0 aromatic carbocycles. The van der Waals surface area contributed by atoms with Gasteiger partial charge in [-0.25, -0.2) is 0 Å². The van der Waals surface area contributed by atoms with Gasteiger partial charge < -0.3 is 9.84 Å². The van der Waals surface area contributed by atoms with Crippen molar-refractivity contribution in [2.75, 3.05) is 6.61 Å². The average molecular weight is 391 g/mol. The van der Waals surface area contributed by atoms with Crippen molar-refractivity contribution in [2.24, 2.45) is 39.4 Å². The Kier molecular flexibility index (Phi) is 4.31. The van der Waals surface area contributed by atoms with Crippen LogP contribution < -0.4 is 0 Å². The lowest BCUT2D eigenvalue weighted by molar-refractivity contribution is -0.190. The molecule has 0 heterocycles. The van der Waals surface area contributed by atoms with E-state index in [0.29, 0.717) is 5.92 Å². The first-order chi connectivity index (χ1) is 13.0. The van der Waals surface area contributed by atoms with Gasteiger partial charge in [-0.1, -0.05) is 20.3 Å². The van der Waals surface area contributed by atoms with Crippen LogP contribution in [0.2, 0.25) is 0 Å². The number of hydrogen-bond acceptors (Lipinski definition) is 4. The third-order valence-corrected chi connectivity index (χ3v) is 9.62. The van der Waals surface area contributed by atoms with Gasteiger partial charge in [-0.15, -0.1) is 0 Å². The summed E-state index contributed by atoms with van der Waals surface area (Å²) in [4.78, 5) is 37.1. The summed E-state index contributed by atoms with van der Waals surface area (Å²) >= 11 is 0. The molecule has 0 saturated heterocycles. The van der Waals surface area contributed by atoms with E-state index < -0.39 is 11.4 Å². The molecule has 1 N–H and O–H groups in total. The Morgan fingerprint density at radius 1 is 1.07 bits per heavy atom. The Morgan fingerprint density at radius 2 is 1.75 bits per heavy atom. The summed E-state index contributed by atoms with van der Waals surface area (Å²) in [7, 11) is 0. The SMILES string of the molecule is CC(=O)OC[C@@H]1C(=O)[C@@]2(C)CC[C@H]3[C@]4(C)CCC[C@@](C)(C(=O)O)[C@H]4CC[C@@]13C2. The summed E-state index contributed by atoms with van der Waals surface area (Å²) in [5.74, 6) is -0.476. The molecule has 5 nitrogen and oxygen atoms in total. The zero-order chi connectivity index (χ0) is 20.5. The minimum atomic E-state index is -0.677. The minimum absolute atomic E-state index is 0.0654. The fraction of sp³-hybridized carbons (Fsp3) is 0.870. The molecule has 156 valence electrons. The van der Waals surface area contributed by atoms with Gasteiger partial charge in [0.2, 0.25) is 0 Å². The Bertz CT molecular complexity index is 731. The van der Waals surface area contributed by atoms with Crippen molar-refractivity contribution in [1.29, 1.82) is 0 Å². The van der Waals surface area contributed by atoms with Crippen LogP contribution in [0.1, 0.15) is 79.1 Å². The summed E-state index contributed by atoms with van der Waals surface area (Å²) < 4.78 is 5.39. The van der Waals surface area contributed by atoms with Gasteiger partial charge in [0, 0.05) is 12.3 Å². The fourth-order valence-electron chi connectivity index (χ4n) is 8.46. The monoisotopic (exact) mass is 390 g/mol. The van der Waals surface area contributed by atoms with Crippen LogP contribution in [0, 0.1) is 39.4 Å². The van der Waals surface area contributed by atoms with Gasteiger partial charge in [0.15, 0.2) is 0 Å². The number of fused-ring (bicyclic) bond motifs is 3. The van der Waals surface area contributed by atoms with Crippen molar-refractivity contribution in [1.82, 2.24) is 0 Å². The number of ether oxygens (including phenoxy) is 1. The molecule has 0 amide bonds. The van der Waals surface area contributed by atoms with Crippen molar-refractivity contribution in [3.8, 4) is 0 Å². The second-order valence-electron chi connectivity index (χ2n) is 11.0. The normalized spacial score (nSPS) is 49.9. The van der Waals surface area contributed by atoms with Crippen molar-refractivity contribution in [2.45, 2.75) is 79.1 Å². The van der Waals surface area contributed by atoms with Gasteiger partial charge in [0.25, 0.3) is 0 Å². The number of hydrogen-bond donors (Lipinski definition) is 1. The minimum Gasteiger partial charge on any atom is -0.481 e. The van der Waals surface area contributed by atoms with Gasteiger partial charge in [0.1, 0.15) is 12.4 Å². The summed E-state index contributed by atoms with van der Waals surface area (Å²) in [6, 6.07) is 0. The summed E-state index contributed by atoms with van der Waals surface area (Å²) in [5, 5.41) is 10.0. The first-order valence-corrected chi connectivity index (χ1v) is 10.9. The third kappa shape index (κ3) is 2.40. The lowest BCUT2D eigenvalue weighted by atomic mass is 9.39. The highest BCUT2D eigenvalue weighted by Gasteiger charge is 2.71. The van der Waals surface area contributed by atoms with Crippen molar-refractivity contribution >= 4 is 17.7 Å². The summed E-state index contributed by atoms with van der Waals surface area (Å²) in [5.41, 5.74) is -1.19. The number of carbonyl (C=O) groups is 3. The molecule has 0 unspecified atom stereocenters. The molecule has 0 aliphatic heterocycles. The first-order valence-electron chi connectivity index (χ1n) is 10.9. The van der Waals surface area contributed by atoms with E-state index >= 15 is 0 Å². The molecule has 4 aliphatic carbocycles. The van der Waals surface area contributed by atoms with E-state index in [4.69, 9.17) is 4.74 Å². The van der Waals surface area contributed by atoms with Crippen molar-refractivity contribution < 1.29 is 24.2 Å².